The van der Waals surface area contributed by atoms with Crippen LogP contribution in [0.2, 0.25) is 0 Å². The van der Waals surface area contributed by atoms with E-state index < -0.39 is 0 Å². The van der Waals surface area contributed by atoms with Crippen LogP contribution in [0.1, 0.15) is 30.4 Å². The lowest BCUT2D eigenvalue weighted by molar-refractivity contribution is -0.135. The summed E-state index contributed by atoms with van der Waals surface area (Å²) in [6, 6.07) is -0.143. The molecule has 1 amide bonds. The first-order valence-electron chi connectivity index (χ1n) is 5.91. The third-order valence-electron chi connectivity index (χ3n) is 3.70. The van der Waals surface area contributed by atoms with Crippen LogP contribution in [0.3, 0.4) is 0 Å². The Morgan fingerprint density at radius 1 is 1.44 bits per heavy atom. The molecule has 1 fully saturated rings. The van der Waals surface area contributed by atoms with Gasteiger partial charge in [0.15, 0.2) is 0 Å². The van der Waals surface area contributed by atoms with E-state index in [1.165, 1.54) is 0 Å². The number of rotatable bonds is 1. The van der Waals surface area contributed by atoms with Crippen molar-refractivity contribution in [1.29, 1.82) is 0 Å². The van der Waals surface area contributed by atoms with E-state index in [1.807, 2.05) is 14.0 Å². The van der Waals surface area contributed by atoms with Crippen LogP contribution in [-0.4, -0.2) is 43.6 Å². The molecular weight excluding hydrogens is 411 g/mol. The second-order valence-electron chi connectivity index (χ2n) is 4.97. The monoisotopic (exact) mass is 424 g/mol. The number of amides is 1. The number of aromatic nitrogens is 2. The predicted molar refractivity (Wildman–Crippen MR) is 79.4 cm³/mol. The van der Waals surface area contributed by atoms with Gasteiger partial charge in [-0.25, -0.2) is 8.10 Å². The third-order valence-corrected chi connectivity index (χ3v) is 5.12. The molecule has 2 aliphatic heterocycles. The van der Waals surface area contributed by atoms with Crippen molar-refractivity contribution in [2.45, 2.75) is 25.4 Å². The van der Waals surface area contributed by atoms with Gasteiger partial charge in [-0.15, -0.1) is 0 Å². The van der Waals surface area contributed by atoms with E-state index in [0.29, 0.717) is 12.5 Å². The minimum Gasteiger partial charge on any atom is -0.338 e. The third kappa shape index (κ3) is 1.82. The van der Waals surface area contributed by atoms with Crippen molar-refractivity contribution in [1.82, 2.24) is 17.6 Å². The first-order chi connectivity index (χ1) is 8.49. The molecule has 1 aromatic rings. The molecule has 1 unspecified atom stereocenters. The van der Waals surface area contributed by atoms with Crippen molar-refractivity contribution in [3.63, 3.8) is 0 Å². The number of carbonyl (C=O) groups excluding carboxylic acids is 1. The molecule has 1 aromatic heterocycles. The number of hydrogen-bond acceptors (Lipinski definition) is 3. The average Bonchev–Trinajstić information content (AvgIpc) is 2.59. The van der Waals surface area contributed by atoms with E-state index in [-0.39, 0.29) is 11.9 Å². The topological polar surface area (TPSA) is 41.4 Å². The molecule has 1 atom stereocenters. The number of likely N-dealkylation sites (N-methyl/N-ethyl adjacent to an activating group) is 1. The summed E-state index contributed by atoms with van der Waals surface area (Å²) in [5, 5.41) is 0. The smallest absolute Gasteiger partial charge is 0.245 e. The van der Waals surface area contributed by atoms with E-state index >= 15 is 0 Å². The van der Waals surface area contributed by atoms with Crippen LogP contribution in [0, 0.1) is 0 Å². The van der Waals surface area contributed by atoms with Crippen LogP contribution in [-0.2, 0) is 11.3 Å². The van der Waals surface area contributed by atoms with Gasteiger partial charge in [0.25, 0.3) is 0 Å². The molecule has 98 valence electrons. The molecule has 0 spiro atoms. The normalized spacial score (nSPS) is 25.2. The zero-order chi connectivity index (χ0) is 13.0. The van der Waals surface area contributed by atoms with Gasteiger partial charge in [0, 0.05) is 48.9 Å². The fourth-order valence-electron chi connectivity index (χ4n) is 2.64. The van der Waals surface area contributed by atoms with Crippen LogP contribution >= 0.6 is 38.8 Å². The number of carbonyl (C=O) groups is 1. The van der Waals surface area contributed by atoms with E-state index in [9.17, 15) is 4.79 Å². The largest absolute Gasteiger partial charge is 0.338 e. The molecule has 18 heavy (non-hydrogen) atoms. The van der Waals surface area contributed by atoms with Crippen LogP contribution in [0.15, 0.2) is 4.60 Å². The number of fused-ring (bicyclic) bond motifs is 1. The molecule has 0 N–H and O–H groups in total. The Bertz CT molecular complexity index is 511. The maximum atomic E-state index is 12.1. The number of hydrogen-bond donors (Lipinski definition) is 0. The Balaban J connectivity index is 2.03. The van der Waals surface area contributed by atoms with Crippen molar-refractivity contribution in [2.75, 3.05) is 20.1 Å². The zero-order valence-electron chi connectivity index (χ0n) is 10.2. The molecule has 0 aliphatic carbocycles. The highest BCUT2D eigenvalue weighted by molar-refractivity contribution is 14.1. The van der Waals surface area contributed by atoms with E-state index in [4.69, 9.17) is 0 Å². The lowest BCUT2D eigenvalue weighted by Gasteiger charge is -2.37. The Morgan fingerprint density at radius 3 is 2.72 bits per heavy atom. The molecule has 7 heteroatoms. The summed E-state index contributed by atoms with van der Waals surface area (Å²) in [4.78, 5) is 18.5. The second kappa shape index (κ2) is 4.45. The average molecular weight is 425 g/mol. The second-order valence-corrected chi connectivity index (χ2v) is 7.09. The van der Waals surface area contributed by atoms with Crippen LogP contribution in [0.25, 0.3) is 0 Å². The van der Waals surface area contributed by atoms with Crippen molar-refractivity contribution in [3.8, 4) is 0 Å². The molecule has 3 heterocycles. The lowest BCUT2D eigenvalue weighted by atomic mass is 10.0. The first kappa shape index (κ1) is 12.9. The SMILES string of the molecule is CC1C(=O)N(C)Cc2c(Br)nc(C3CN(I)C3)n21. The molecule has 3 rings (SSSR count). The fraction of sp³-hybridized carbons (Fsp3) is 0.636. The van der Waals surface area contributed by atoms with Crippen LogP contribution in [0.5, 0.6) is 0 Å². The Kier molecular flexibility index (Phi) is 3.18. The van der Waals surface area contributed by atoms with E-state index in [1.54, 1.807) is 4.90 Å². The predicted octanol–water partition coefficient (Wildman–Crippen LogP) is 1.93. The summed E-state index contributed by atoms with van der Waals surface area (Å²) in [6.07, 6.45) is 0. The minimum absolute atomic E-state index is 0.143. The van der Waals surface area contributed by atoms with Gasteiger partial charge >= 0.3 is 0 Å². The standard InChI is InChI=1S/C11H14BrIN4O/c1-6-11(18)15(2)5-8-9(12)14-10(17(6)8)7-3-16(13)4-7/h6-7H,3-5H2,1-2H3. The van der Waals surface area contributed by atoms with Crippen molar-refractivity contribution >= 4 is 44.7 Å². The van der Waals surface area contributed by atoms with Gasteiger partial charge in [-0.3, -0.25) is 4.79 Å². The molecule has 0 bridgehead atoms. The molecular formula is C11H14BrIN4O. The number of imidazole rings is 1. The lowest BCUT2D eigenvalue weighted by Crippen LogP contribution is -2.43. The number of nitrogens with zero attached hydrogens (tertiary/aromatic N) is 4. The highest BCUT2D eigenvalue weighted by Crippen LogP contribution is 2.36. The fourth-order valence-corrected chi connectivity index (χ4v) is 4.09. The summed E-state index contributed by atoms with van der Waals surface area (Å²) < 4.78 is 5.25. The molecule has 1 saturated heterocycles. The van der Waals surface area contributed by atoms with Crippen molar-refractivity contribution in [2.24, 2.45) is 0 Å². The maximum absolute atomic E-state index is 12.1. The van der Waals surface area contributed by atoms with Crippen LogP contribution < -0.4 is 0 Å². The highest BCUT2D eigenvalue weighted by Gasteiger charge is 2.37. The van der Waals surface area contributed by atoms with Gasteiger partial charge < -0.3 is 9.47 Å². The molecule has 0 aromatic carbocycles. The highest BCUT2D eigenvalue weighted by atomic mass is 127. The summed E-state index contributed by atoms with van der Waals surface area (Å²) in [5.41, 5.74) is 1.12. The van der Waals surface area contributed by atoms with E-state index in [0.717, 1.165) is 29.2 Å². The van der Waals surface area contributed by atoms with Gasteiger partial charge in [0.2, 0.25) is 5.91 Å². The maximum Gasteiger partial charge on any atom is 0.245 e. The van der Waals surface area contributed by atoms with Crippen molar-refractivity contribution in [3.05, 3.63) is 16.1 Å². The summed E-state index contributed by atoms with van der Waals surface area (Å²) >= 11 is 5.85. The minimum atomic E-state index is -0.143. The first-order valence-corrected chi connectivity index (χ1v) is 7.67. The van der Waals surface area contributed by atoms with Gasteiger partial charge in [-0.1, -0.05) is 0 Å². The summed E-state index contributed by atoms with van der Waals surface area (Å²) in [7, 11) is 1.84. The summed E-state index contributed by atoms with van der Waals surface area (Å²) in [5.74, 6) is 1.67. The van der Waals surface area contributed by atoms with Gasteiger partial charge in [0.1, 0.15) is 16.5 Å². The van der Waals surface area contributed by atoms with E-state index in [2.05, 4.69) is 51.5 Å². The molecule has 2 aliphatic rings. The van der Waals surface area contributed by atoms with Crippen molar-refractivity contribution < 1.29 is 4.79 Å². The quantitative estimate of drug-likeness (QED) is 0.511. The molecule has 5 nitrogen and oxygen atoms in total. The van der Waals surface area contributed by atoms with Crippen LogP contribution in [0.4, 0.5) is 0 Å². The number of halogens is 2. The summed E-state index contributed by atoms with van der Waals surface area (Å²) in [6.45, 7) is 4.62. The molecule has 0 radical (unpaired) electrons. The zero-order valence-corrected chi connectivity index (χ0v) is 14.0. The molecule has 0 saturated carbocycles. The Hall–Kier alpha value is -0.150. The Morgan fingerprint density at radius 2 is 2.11 bits per heavy atom. The van der Waals surface area contributed by atoms with Gasteiger partial charge in [0.05, 0.1) is 12.2 Å². The van der Waals surface area contributed by atoms with Gasteiger partial charge in [-0.05, 0) is 22.9 Å². The Labute approximate surface area is 128 Å². The van der Waals surface area contributed by atoms with Gasteiger partial charge in [-0.2, -0.15) is 0 Å².